The second-order valence-corrected chi connectivity index (χ2v) is 8.79. The highest BCUT2D eigenvalue weighted by atomic mass is 32.1. The van der Waals surface area contributed by atoms with Crippen LogP contribution < -0.4 is 4.74 Å². The van der Waals surface area contributed by atoms with Gasteiger partial charge in [0.05, 0.1) is 25.9 Å². The zero-order valence-corrected chi connectivity index (χ0v) is 19.6. The number of aliphatic hydroxyl groups is 3. The van der Waals surface area contributed by atoms with E-state index in [1.54, 1.807) is 18.4 Å². The van der Waals surface area contributed by atoms with Crippen molar-refractivity contribution in [1.29, 1.82) is 0 Å². The third-order valence-corrected chi connectivity index (χ3v) is 7.33. The van der Waals surface area contributed by atoms with Crippen LogP contribution in [-0.2, 0) is 25.2 Å². The maximum atomic E-state index is 11.0. The topological polar surface area (TPSA) is 69.9 Å². The number of hydrogen-bond acceptors (Lipinski definition) is 5. The molecule has 3 N–H and O–H groups in total. The Morgan fingerprint density at radius 2 is 1.55 bits per heavy atom. The van der Waals surface area contributed by atoms with Crippen molar-refractivity contribution in [1.82, 2.24) is 0 Å². The molecule has 1 heterocycles. The van der Waals surface area contributed by atoms with Gasteiger partial charge in [0.25, 0.3) is 0 Å². The van der Waals surface area contributed by atoms with Crippen molar-refractivity contribution in [2.75, 3.05) is 7.11 Å². The van der Waals surface area contributed by atoms with Gasteiger partial charge in [-0.05, 0) is 64.8 Å². The van der Waals surface area contributed by atoms with Gasteiger partial charge in [0.2, 0.25) is 0 Å². The third kappa shape index (κ3) is 4.55. The highest BCUT2D eigenvalue weighted by Gasteiger charge is 2.26. The summed E-state index contributed by atoms with van der Waals surface area (Å²) in [6, 6.07) is 14.1. The van der Waals surface area contributed by atoms with Crippen LogP contribution in [0.3, 0.4) is 0 Å². The number of methoxy groups -OCH3 is 1. The Balaban J connectivity index is 2.09. The molecule has 0 fully saturated rings. The molecule has 31 heavy (non-hydrogen) atoms. The van der Waals surface area contributed by atoms with Crippen molar-refractivity contribution in [3.8, 4) is 26.6 Å². The van der Waals surface area contributed by atoms with Gasteiger partial charge in [0, 0.05) is 10.4 Å². The molecule has 4 nitrogen and oxygen atoms in total. The van der Waals surface area contributed by atoms with Crippen molar-refractivity contribution in [3.05, 3.63) is 64.7 Å². The Labute approximate surface area is 188 Å². The minimum absolute atomic E-state index is 0.101. The van der Waals surface area contributed by atoms with Gasteiger partial charge in [-0.2, -0.15) is 0 Å². The fourth-order valence-electron chi connectivity index (χ4n) is 4.03. The molecule has 0 saturated carbocycles. The van der Waals surface area contributed by atoms with Gasteiger partial charge < -0.3 is 20.1 Å². The van der Waals surface area contributed by atoms with Crippen LogP contribution in [0.2, 0.25) is 0 Å². The van der Waals surface area contributed by atoms with Gasteiger partial charge in [-0.1, -0.05) is 62.4 Å². The molecular weight excluding hydrogens is 408 g/mol. The lowest BCUT2D eigenvalue weighted by Gasteiger charge is -2.27. The molecule has 0 unspecified atom stereocenters. The van der Waals surface area contributed by atoms with Crippen LogP contribution >= 0.6 is 11.3 Å². The van der Waals surface area contributed by atoms with E-state index in [2.05, 4.69) is 25.1 Å². The molecule has 0 amide bonds. The van der Waals surface area contributed by atoms with Crippen molar-refractivity contribution in [3.63, 3.8) is 0 Å². The molecule has 2 aromatic carbocycles. The van der Waals surface area contributed by atoms with Gasteiger partial charge >= 0.3 is 0 Å². The molecule has 5 heteroatoms. The Hall–Kier alpha value is -2.18. The van der Waals surface area contributed by atoms with E-state index in [1.807, 2.05) is 38.1 Å². The predicted octanol–water partition coefficient (Wildman–Crippen LogP) is 5.65. The van der Waals surface area contributed by atoms with E-state index in [4.69, 9.17) is 4.74 Å². The summed E-state index contributed by atoms with van der Waals surface area (Å²) < 4.78 is 5.68. The molecule has 0 aliphatic rings. The molecule has 0 saturated heterocycles. The lowest BCUT2D eigenvalue weighted by atomic mass is 9.86. The van der Waals surface area contributed by atoms with Crippen LogP contribution in [0.5, 0.6) is 5.06 Å². The zero-order chi connectivity index (χ0) is 22.6. The lowest BCUT2D eigenvalue weighted by molar-refractivity contribution is 0.0283. The first-order chi connectivity index (χ1) is 14.9. The summed E-state index contributed by atoms with van der Waals surface area (Å²) >= 11 is 1.59. The molecule has 3 rings (SSSR count). The quantitative estimate of drug-likeness (QED) is 0.402. The first kappa shape index (κ1) is 23.5. The van der Waals surface area contributed by atoms with E-state index in [0.29, 0.717) is 18.4 Å². The first-order valence-corrected chi connectivity index (χ1v) is 11.6. The maximum absolute atomic E-state index is 11.0. The molecule has 0 aliphatic carbocycles. The number of aliphatic hydroxyl groups excluding tert-OH is 2. The summed E-state index contributed by atoms with van der Waals surface area (Å²) in [5.41, 5.74) is 5.86. The Kier molecular flexibility index (Phi) is 7.55. The zero-order valence-electron chi connectivity index (χ0n) is 18.7. The minimum atomic E-state index is -0.796. The summed E-state index contributed by atoms with van der Waals surface area (Å²) in [5.74, 6) is 0. The Morgan fingerprint density at radius 3 is 2.13 bits per heavy atom. The van der Waals surface area contributed by atoms with Gasteiger partial charge in [0.15, 0.2) is 5.06 Å². The lowest BCUT2D eigenvalue weighted by Crippen LogP contribution is -2.23. The first-order valence-electron chi connectivity index (χ1n) is 10.8. The SMILES string of the molecule is CCc1cc(C(O)(CC)CC)ccc1-c1cc(-c2ccc(CO)c(CO)c2)c(OC)s1. The van der Waals surface area contributed by atoms with E-state index in [-0.39, 0.29) is 13.2 Å². The predicted molar refractivity (Wildman–Crippen MR) is 127 cm³/mol. The number of benzene rings is 2. The molecule has 0 radical (unpaired) electrons. The van der Waals surface area contributed by atoms with Crippen LogP contribution in [0.1, 0.15) is 55.9 Å². The molecular formula is C26H32O4S. The summed E-state index contributed by atoms with van der Waals surface area (Å²) in [7, 11) is 1.67. The minimum Gasteiger partial charge on any atom is -0.487 e. The fourth-order valence-corrected chi connectivity index (χ4v) is 5.08. The van der Waals surface area contributed by atoms with Gasteiger partial charge in [-0.15, -0.1) is 0 Å². The number of hydrogen-bond donors (Lipinski definition) is 3. The summed E-state index contributed by atoms with van der Waals surface area (Å²) in [6.45, 7) is 5.94. The molecule has 0 bridgehead atoms. The standard InChI is InChI=1S/C26H32O4S/c1-5-17-13-21(26(29,6-2)7-3)10-11-22(17)24-14-23(25(30-4)31-24)18-8-9-19(15-27)20(12-18)16-28/h8-14,27-29H,5-7,15-16H2,1-4H3. The average Bonchev–Trinajstić information content (AvgIpc) is 3.26. The van der Waals surface area contributed by atoms with Crippen molar-refractivity contribution >= 4 is 11.3 Å². The van der Waals surface area contributed by atoms with Crippen molar-refractivity contribution in [2.24, 2.45) is 0 Å². The third-order valence-electron chi connectivity index (χ3n) is 6.20. The smallest absolute Gasteiger partial charge is 0.181 e. The van der Waals surface area contributed by atoms with Crippen LogP contribution in [0.4, 0.5) is 0 Å². The monoisotopic (exact) mass is 440 g/mol. The van der Waals surface area contributed by atoms with Crippen molar-refractivity contribution in [2.45, 2.75) is 58.8 Å². The van der Waals surface area contributed by atoms with E-state index >= 15 is 0 Å². The largest absolute Gasteiger partial charge is 0.487 e. The highest BCUT2D eigenvalue weighted by Crippen LogP contribution is 2.44. The van der Waals surface area contributed by atoms with E-state index in [0.717, 1.165) is 44.2 Å². The van der Waals surface area contributed by atoms with E-state index < -0.39 is 5.60 Å². The Morgan fingerprint density at radius 1 is 0.839 bits per heavy atom. The highest BCUT2D eigenvalue weighted by molar-refractivity contribution is 7.17. The summed E-state index contributed by atoms with van der Waals surface area (Å²) in [4.78, 5) is 1.10. The van der Waals surface area contributed by atoms with Gasteiger partial charge in [0.1, 0.15) is 0 Å². The Bertz CT molecular complexity index is 1030. The summed E-state index contributed by atoms with van der Waals surface area (Å²) in [5, 5.41) is 30.9. The normalized spacial score (nSPS) is 11.7. The van der Waals surface area contributed by atoms with Gasteiger partial charge in [-0.25, -0.2) is 0 Å². The average molecular weight is 441 g/mol. The summed E-state index contributed by atoms with van der Waals surface area (Å²) in [6.07, 6.45) is 2.22. The molecule has 166 valence electrons. The van der Waals surface area contributed by atoms with Crippen LogP contribution in [0.15, 0.2) is 42.5 Å². The van der Waals surface area contributed by atoms with Crippen molar-refractivity contribution < 1.29 is 20.1 Å². The molecule has 3 aromatic rings. The second-order valence-electron chi connectivity index (χ2n) is 7.78. The van der Waals surface area contributed by atoms with Crippen LogP contribution in [0, 0.1) is 0 Å². The van der Waals surface area contributed by atoms with Crippen LogP contribution in [-0.4, -0.2) is 22.4 Å². The van der Waals surface area contributed by atoms with Crippen LogP contribution in [0.25, 0.3) is 21.6 Å². The number of ether oxygens (including phenoxy) is 1. The molecule has 1 aromatic heterocycles. The molecule has 0 atom stereocenters. The number of thiophene rings is 1. The molecule has 0 aliphatic heterocycles. The maximum Gasteiger partial charge on any atom is 0.181 e. The fraction of sp³-hybridized carbons (Fsp3) is 0.385. The van der Waals surface area contributed by atoms with E-state index in [9.17, 15) is 15.3 Å². The second kappa shape index (κ2) is 9.96. The number of rotatable bonds is 9. The molecule has 0 spiro atoms. The van der Waals surface area contributed by atoms with E-state index in [1.165, 1.54) is 5.56 Å². The van der Waals surface area contributed by atoms with Gasteiger partial charge in [-0.3, -0.25) is 0 Å². The number of aryl methyl sites for hydroxylation is 1.